The Kier molecular flexibility index (Phi) is 2.33. The average Bonchev–Trinajstić information content (AvgIpc) is 2.29. The minimum atomic E-state index is -0.358. The molecule has 0 aliphatic carbocycles. The molecule has 1 aromatic carbocycles. The van der Waals surface area contributed by atoms with Crippen molar-refractivity contribution in [3.05, 3.63) is 23.8 Å². The Hall–Kier alpha value is -1.55. The lowest BCUT2D eigenvalue weighted by atomic mass is 9.83. The van der Waals surface area contributed by atoms with E-state index in [-0.39, 0.29) is 17.1 Å². The predicted octanol–water partition coefficient (Wildman–Crippen LogP) is 1.48. The highest BCUT2D eigenvalue weighted by Gasteiger charge is 2.42. The van der Waals surface area contributed by atoms with Crippen molar-refractivity contribution >= 4 is 5.78 Å². The van der Waals surface area contributed by atoms with Gasteiger partial charge in [0.2, 0.25) is 0 Å². The SMILES string of the molecule is O=C1CC2(CCNCC2)Oc2cccc(O)c21. The Labute approximate surface area is 99.6 Å². The van der Waals surface area contributed by atoms with Crippen molar-refractivity contribution < 1.29 is 14.6 Å². The molecule has 1 spiro atoms. The van der Waals surface area contributed by atoms with Gasteiger partial charge in [0.15, 0.2) is 5.78 Å². The highest BCUT2D eigenvalue weighted by molar-refractivity contribution is 6.02. The molecule has 1 aromatic rings. The van der Waals surface area contributed by atoms with Crippen LogP contribution in [0.4, 0.5) is 0 Å². The molecule has 0 bridgehead atoms. The summed E-state index contributed by atoms with van der Waals surface area (Å²) in [6, 6.07) is 5.00. The second kappa shape index (κ2) is 3.74. The molecule has 1 fully saturated rings. The first kappa shape index (κ1) is 10.6. The summed E-state index contributed by atoms with van der Waals surface area (Å²) in [7, 11) is 0. The molecule has 4 nitrogen and oxygen atoms in total. The molecule has 2 aliphatic rings. The van der Waals surface area contributed by atoms with Crippen LogP contribution in [0.1, 0.15) is 29.6 Å². The summed E-state index contributed by atoms with van der Waals surface area (Å²) in [5.41, 5.74) is -0.0139. The fourth-order valence-electron chi connectivity index (χ4n) is 2.70. The van der Waals surface area contributed by atoms with Crippen LogP contribution >= 0.6 is 0 Å². The van der Waals surface area contributed by atoms with Crippen LogP contribution in [-0.4, -0.2) is 29.6 Å². The molecule has 90 valence electrons. The van der Waals surface area contributed by atoms with Gasteiger partial charge in [-0.15, -0.1) is 0 Å². The molecule has 0 unspecified atom stereocenters. The molecular formula is C13H15NO3. The number of phenols is 1. The van der Waals surface area contributed by atoms with Crippen molar-refractivity contribution in [1.29, 1.82) is 0 Å². The summed E-state index contributed by atoms with van der Waals surface area (Å²) < 4.78 is 5.99. The van der Waals surface area contributed by atoms with Gasteiger partial charge in [0.1, 0.15) is 22.7 Å². The number of phenolic OH excluding ortho intramolecular Hbond substituents is 1. The zero-order valence-electron chi connectivity index (χ0n) is 9.53. The van der Waals surface area contributed by atoms with E-state index < -0.39 is 0 Å². The first-order chi connectivity index (χ1) is 8.20. The predicted molar refractivity (Wildman–Crippen MR) is 62.5 cm³/mol. The van der Waals surface area contributed by atoms with Gasteiger partial charge >= 0.3 is 0 Å². The minimum absolute atomic E-state index is 0.00810. The number of hydrogen-bond donors (Lipinski definition) is 2. The second-order valence-corrected chi connectivity index (χ2v) is 4.79. The lowest BCUT2D eigenvalue weighted by Crippen LogP contribution is -2.49. The van der Waals surface area contributed by atoms with Crippen LogP contribution in [0.3, 0.4) is 0 Å². The molecule has 0 radical (unpaired) electrons. The van der Waals surface area contributed by atoms with E-state index in [4.69, 9.17) is 4.74 Å². The highest BCUT2D eigenvalue weighted by atomic mass is 16.5. The van der Waals surface area contributed by atoms with E-state index in [1.54, 1.807) is 12.1 Å². The van der Waals surface area contributed by atoms with Gasteiger partial charge in [0.05, 0.1) is 6.42 Å². The van der Waals surface area contributed by atoms with Crippen LogP contribution in [0.5, 0.6) is 11.5 Å². The van der Waals surface area contributed by atoms with Gasteiger partial charge in [0.25, 0.3) is 0 Å². The molecule has 1 saturated heterocycles. The van der Waals surface area contributed by atoms with Crippen molar-refractivity contribution in [2.45, 2.75) is 24.9 Å². The first-order valence-electron chi connectivity index (χ1n) is 5.95. The van der Waals surface area contributed by atoms with Crippen LogP contribution in [0.15, 0.2) is 18.2 Å². The fourth-order valence-corrected chi connectivity index (χ4v) is 2.70. The third kappa shape index (κ3) is 1.69. The Morgan fingerprint density at radius 1 is 1.29 bits per heavy atom. The maximum absolute atomic E-state index is 12.1. The van der Waals surface area contributed by atoms with Gasteiger partial charge < -0.3 is 15.2 Å². The number of nitrogens with one attached hydrogen (secondary N) is 1. The zero-order valence-corrected chi connectivity index (χ0v) is 9.53. The molecule has 0 saturated carbocycles. The maximum Gasteiger partial charge on any atom is 0.174 e. The van der Waals surface area contributed by atoms with Gasteiger partial charge in [-0.25, -0.2) is 0 Å². The lowest BCUT2D eigenvalue weighted by Gasteiger charge is -2.40. The third-order valence-corrected chi connectivity index (χ3v) is 3.61. The topological polar surface area (TPSA) is 58.6 Å². The highest BCUT2D eigenvalue weighted by Crippen LogP contribution is 2.41. The number of carbonyl (C=O) groups excluding carboxylic acids is 1. The van der Waals surface area contributed by atoms with Crippen LogP contribution in [0.2, 0.25) is 0 Å². The summed E-state index contributed by atoms with van der Waals surface area (Å²) in [5.74, 6) is 0.547. The molecule has 4 heteroatoms. The number of rotatable bonds is 0. The molecule has 2 aliphatic heterocycles. The fraction of sp³-hybridized carbons (Fsp3) is 0.462. The average molecular weight is 233 g/mol. The summed E-state index contributed by atoms with van der Waals surface area (Å²) in [6.07, 6.45) is 2.06. The summed E-state index contributed by atoms with van der Waals surface area (Å²) >= 11 is 0. The molecule has 3 rings (SSSR count). The number of Topliss-reactive ketones (excluding diaryl/α,β-unsaturated/α-hetero) is 1. The van der Waals surface area contributed by atoms with Gasteiger partial charge in [0, 0.05) is 12.8 Å². The van der Waals surface area contributed by atoms with E-state index in [1.807, 2.05) is 0 Å². The Bertz CT molecular complexity index is 464. The summed E-state index contributed by atoms with van der Waals surface area (Å²) in [6.45, 7) is 1.75. The molecule has 0 atom stereocenters. The first-order valence-corrected chi connectivity index (χ1v) is 5.95. The Morgan fingerprint density at radius 2 is 2.06 bits per heavy atom. The van der Waals surface area contributed by atoms with E-state index in [0.29, 0.717) is 17.7 Å². The summed E-state index contributed by atoms with van der Waals surface area (Å²) in [5, 5.41) is 13.0. The monoisotopic (exact) mass is 233 g/mol. The number of benzene rings is 1. The quantitative estimate of drug-likeness (QED) is 0.712. The van der Waals surface area contributed by atoms with Crippen LogP contribution < -0.4 is 10.1 Å². The largest absolute Gasteiger partial charge is 0.507 e. The van der Waals surface area contributed by atoms with Crippen molar-refractivity contribution in [3.8, 4) is 11.5 Å². The number of piperidine rings is 1. The second-order valence-electron chi connectivity index (χ2n) is 4.79. The van der Waals surface area contributed by atoms with Gasteiger partial charge in [-0.05, 0) is 25.2 Å². The van der Waals surface area contributed by atoms with E-state index in [0.717, 1.165) is 25.9 Å². The van der Waals surface area contributed by atoms with Gasteiger partial charge in [-0.2, -0.15) is 0 Å². The Balaban J connectivity index is 2.00. The number of carbonyl (C=O) groups is 1. The Morgan fingerprint density at radius 3 is 2.82 bits per heavy atom. The number of ketones is 1. The third-order valence-electron chi connectivity index (χ3n) is 3.61. The van der Waals surface area contributed by atoms with Crippen molar-refractivity contribution in [1.82, 2.24) is 5.32 Å². The number of ether oxygens (including phenoxy) is 1. The van der Waals surface area contributed by atoms with Crippen molar-refractivity contribution in [2.24, 2.45) is 0 Å². The van der Waals surface area contributed by atoms with Crippen molar-refractivity contribution in [3.63, 3.8) is 0 Å². The van der Waals surface area contributed by atoms with E-state index >= 15 is 0 Å². The molecule has 0 amide bonds. The maximum atomic E-state index is 12.1. The lowest BCUT2D eigenvalue weighted by molar-refractivity contribution is 0.0183. The number of fused-ring (bicyclic) bond motifs is 1. The molecule has 2 heterocycles. The molecule has 2 N–H and O–H groups in total. The van der Waals surface area contributed by atoms with Gasteiger partial charge in [-0.1, -0.05) is 6.07 Å². The molecule has 17 heavy (non-hydrogen) atoms. The van der Waals surface area contributed by atoms with Gasteiger partial charge in [-0.3, -0.25) is 4.79 Å². The zero-order chi connectivity index (χ0) is 11.9. The number of aromatic hydroxyl groups is 1. The van der Waals surface area contributed by atoms with Crippen molar-refractivity contribution in [2.75, 3.05) is 13.1 Å². The minimum Gasteiger partial charge on any atom is -0.507 e. The van der Waals surface area contributed by atoms with Crippen LogP contribution in [-0.2, 0) is 0 Å². The summed E-state index contributed by atoms with van der Waals surface area (Å²) in [4.78, 5) is 12.1. The number of hydrogen-bond acceptors (Lipinski definition) is 4. The van der Waals surface area contributed by atoms with Crippen LogP contribution in [0.25, 0.3) is 0 Å². The van der Waals surface area contributed by atoms with E-state index in [9.17, 15) is 9.90 Å². The smallest absolute Gasteiger partial charge is 0.174 e. The van der Waals surface area contributed by atoms with E-state index in [2.05, 4.69) is 5.32 Å². The molecular weight excluding hydrogens is 218 g/mol. The van der Waals surface area contributed by atoms with E-state index in [1.165, 1.54) is 6.07 Å². The van der Waals surface area contributed by atoms with Crippen LogP contribution in [0, 0.1) is 0 Å². The molecule has 0 aromatic heterocycles. The normalized spacial score (nSPS) is 22.0. The standard InChI is InChI=1S/C13H15NO3/c15-9-2-1-3-11-12(9)10(16)8-13(17-11)4-6-14-7-5-13/h1-3,14-15H,4-8H2.